The molecule has 0 bridgehead atoms. The number of hydrogen-bond donors (Lipinski definition) is 6. The van der Waals surface area contributed by atoms with Crippen LogP contribution in [-0.4, -0.2) is 405 Å². The molecule has 706 valence electrons. The van der Waals surface area contributed by atoms with Gasteiger partial charge < -0.3 is 145 Å². The number of rotatable bonds is 92. The molecule has 1 aliphatic heterocycles. The number of carbonyl (C=O) groups excluding carboxylic acids is 3. The van der Waals surface area contributed by atoms with E-state index in [1.165, 1.54) is 5.56 Å². The standard InChI is InChI=1S/C82H148N10O30/c1-3-4-20-121-81-89-78(83)77-79(90-81)92(82(96)88-77)69-73-10-8-72(9-11-73)68-91-18-13-71(14-19-91)12-17-86-80(95)74(7-5-6-16-85-76(94)70-122-84)87-75(93)15-21-98-24-25-100-28-29-102-32-33-104-36-37-106-40-41-108-44-45-110-48-49-112-52-53-114-56-57-116-60-61-118-64-65-120-67-66-119-63-62-117-59-58-115-55-54-113-51-50-111-47-46-109-43-42-107-39-38-105-35-34-103-31-30-101-27-26-99-23-22-97-2/h8-11,71,74H,3-7,12-70,84H2,1-2H3,(H,85,94)(H,86,95)(H,87,93)(H,88,96)(H2,83,89,90)/t74-/m0/s1. The molecule has 3 amide bonds. The third-order valence-corrected chi connectivity index (χ3v) is 17.9. The molecule has 2 aromatic heterocycles. The van der Waals surface area contributed by atoms with Crippen molar-refractivity contribution in [3.63, 3.8) is 0 Å². The predicted molar refractivity (Wildman–Crippen MR) is 448 cm³/mol. The first kappa shape index (κ1) is 109. The van der Waals surface area contributed by atoms with Crippen LogP contribution in [0.1, 0.15) is 75.8 Å². The highest BCUT2D eigenvalue weighted by Gasteiger charge is 2.24. The number of nitrogen functional groups attached to an aromatic ring is 1. The molecule has 1 aliphatic rings. The second-order valence-corrected chi connectivity index (χ2v) is 27.5. The summed E-state index contributed by atoms with van der Waals surface area (Å²) in [6, 6.07) is 7.63. The number of hydrogen-bond acceptors (Lipinski definition) is 35. The number of aromatic amines is 1. The number of piperidine rings is 1. The maximum Gasteiger partial charge on any atom is 0.328 e. The molecule has 1 aromatic carbocycles. The Balaban J connectivity index is 0.800. The first-order valence-electron chi connectivity index (χ1n) is 43.3. The van der Waals surface area contributed by atoms with Crippen LogP contribution >= 0.6 is 0 Å². The Morgan fingerprint density at radius 2 is 0.779 bits per heavy atom. The molecule has 1 saturated heterocycles. The van der Waals surface area contributed by atoms with Crippen molar-refractivity contribution in [1.82, 2.24) is 40.4 Å². The second-order valence-electron chi connectivity index (χ2n) is 27.5. The molecular formula is C82H148N10O30. The summed E-state index contributed by atoms with van der Waals surface area (Å²) in [6.45, 7) is 27.7. The first-order valence-corrected chi connectivity index (χ1v) is 43.3. The molecule has 8 N–H and O–H groups in total. The highest BCUT2D eigenvalue weighted by Crippen LogP contribution is 2.23. The molecule has 0 spiro atoms. The number of nitrogens with two attached hydrogens (primary N) is 2. The Bertz CT molecular complexity index is 2940. The molecular weight excluding hydrogens is 1600 g/mol. The van der Waals surface area contributed by atoms with Gasteiger partial charge in [-0.2, -0.15) is 9.97 Å². The number of nitrogens with zero attached hydrogens (tertiary/aromatic N) is 4. The molecule has 40 heteroatoms. The number of likely N-dealkylation sites (tertiary alicyclic amines) is 1. The summed E-state index contributed by atoms with van der Waals surface area (Å²) in [5, 5.41) is 8.68. The van der Waals surface area contributed by atoms with Gasteiger partial charge in [-0.05, 0) is 75.1 Å². The molecule has 0 aliphatic carbocycles. The van der Waals surface area contributed by atoms with Crippen molar-refractivity contribution < 1.29 is 138 Å². The zero-order chi connectivity index (χ0) is 86.8. The van der Waals surface area contributed by atoms with Crippen LogP contribution < -0.4 is 38.0 Å². The number of ether oxygens (including phenoxy) is 25. The number of amides is 3. The highest BCUT2D eigenvalue weighted by molar-refractivity contribution is 5.87. The van der Waals surface area contributed by atoms with Crippen LogP contribution in [0.3, 0.4) is 0 Å². The van der Waals surface area contributed by atoms with Gasteiger partial charge in [0.05, 0.1) is 324 Å². The number of benzene rings is 1. The summed E-state index contributed by atoms with van der Waals surface area (Å²) in [5.74, 6) is 4.73. The number of nitrogens with one attached hydrogen (secondary N) is 4. The normalized spacial score (nSPS) is 13.0. The van der Waals surface area contributed by atoms with E-state index in [2.05, 4.69) is 59.7 Å². The smallest absolute Gasteiger partial charge is 0.328 e. The summed E-state index contributed by atoms with van der Waals surface area (Å²) < 4.78 is 139. The molecule has 1 atom stereocenters. The van der Waals surface area contributed by atoms with Crippen molar-refractivity contribution in [2.75, 3.05) is 363 Å². The SMILES string of the molecule is CCCCOc1nc(N)c2[nH]c(=O)n(Cc3ccc(CN4CCC(CCNC(=O)[C@H](CCCCNC(=O)CON)NC(=O)CCOCCOCCOCCOCCOCCOCCOCCOCCOCCOCCOCCOCCOCCOCCOCCOCCOCCOCCOCCOCCOCCOCCOCCOC)CC4)cc3)c2n1. The minimum Gasteiger partial charge on any atom is -0.463 e. The van der Waals surface area contributed by atoms with Crippen molar-refractivity contribution in [3.05, 3.63) is 45.9 Å². The lowest BCUT2D eigenvalue weighted by molar-refractivity contribution is -0.129. The molecule has 1 fully saturated rings. The van der Waals surface area contributed by atoms with Crippen LogP contribution in [0.5, 0.6) is 6.01 Å². The molecule has 0 saturated carbocycles. The van der Waals surface area contributed by atoms with Gasteiger partial charge in [-0.1, -0.05) is 37.6 Å². The average Bonchev–Trinajstić information content (AvgIpc) is 1.63. The van der Waals surface area contributed by atoms with Gasteiger partial charge in [-0.25, -0.2) is 10.7 Å². The average molecular weight is 1750 g/mol. The number of H-pyrrole nitrogens is 1. The van der Waals surface area contributed by atoms with E-state index in [4.69, 9.17) is 130 Å². The molecule has 0 unspecified atom stereocenters. The number of methoxy groups -OCH3 is 1. The zero-order valence-corrected chi connectivity index (χ0v) is 72.9. The van der Waals surface area contributed by atoms with Gasteiger partial charge in [-0.15, -0.1) is 0 Å². The Morgan fingerprint density at radius 1 is 0.434 bits per heavy atom. The Kier molecular flexibility index (Phi) is 72.5. The predicted octanol–water partition coefficient (Wildman–Crippen LogP) is 1.73. The number of fused-ring (bicyclic) bond motifs is 1. The van der Waals surface area contributed by atoms with E-state index in [0.717, 1.165) is 57.3 Å². The van der Waals surface area contributed by atoms with Gasteiger partial charge in [0.1, 0.15) is 18.2 Å². The van der Waals surface area contributed by atoms with E-state index < -0.39 is 6.04 Å². The Labute approximate surface area is 720 Å². The fraction of sp³-hybridized carbons (Fsp3) is 0.829. The van der Waals surface area contributed by atoms with Gasteiger partial charge in [0.2, 0.25) is 17.7 Å². The molecule has 4 rings (SSSR count). The van der Waals surface area contributed by atoms with Gasteiger partial charge in [0.25, 0.3) is 0 Å². The number of imidazole rings is 1. The van der Waals surface area contributed by atoms with E-state index in [-0.39, 0.29) is 61.5 Å². The van der Waals surface area contributed by atoms with Gasteiger partial charge >= 0.3 is 11.7 Å². The van der Waals surface area contributed by atoms with Crippen LogP contribution in [-0.2, 0) is 146 Å². The fourth-order valence-corrected chi connectivity index (χ4v) is 11.3. The van der Waals surface area contributed by atoms with Crippen molar-refractivity contribution >= 4 is 34.7 Å². The minimum atomic E-state index is -0.747. The molecule has 0 radical (unpaired) electrons. The molecule has 40 nitrogen and oxygen atoms in total. The zero-order valence-electron chi connectivity index (χ0n) is 72.9. The number of carbonyl (C=O) groups is 3. The summed E-state index contributed by atoms with van der Waals surface area (Å²) in [7, 11) is 1.64. The fourth-order valence-electron chi connectivity index (χ4n) is 11.3. The van der Waals surface area contributed by atoms with Crippen LogP contribution in [0, 0.1) is 5.92 Å². The third kappa shape index (κ3) is 62.6. The maximum atomic E-state index is 13.5. The van der Waals surface area contributed by atoms with E-state index in [1.807, 2.05) is 12.1 Å². The topological polar surface area (TPSA) is 446 Å². The lowest BCUT2D eigenvalue weighted by Crippen LogP contribution is -2.47. The van der Waals surface area contributed by atoms with Crippen LogP contribution in [0.4, 0.5) is 5.82 Å². The molecule has 3 heterocycles. The first-order chi connectivity index (χ1) is 60.2. The van der Waals surface area contributed by atoms with Crippen LogP contribution in [0.2, 0.25) is 0 Å². The van der Waals surface area contributed by atoms with Gasteiger partial charge in [-0.3, -0.25) is 28.7 Å². The molecule has 122 heavy (non-hydrogen) atoms. The third-order valence-electron chi connectivity index (χ3n) is 17.9. The lowest BCUT2D eigenvalue weighted by Gasteiger charge is -2.32. The minimum absolute atomic E-state index is 0.0699. The maximum absolute atomic E-state index is 13.5. The van der Waals surface area contributed by atoms with Crippen molar-refractivity contribution in [1.29, 1.82) is 0 Å². The van der Waals surface area contributed by atoms with Crippen molar-refractivity contribution in [3.8, 4) is 6.01 Å². The summed E-state index contributed by atoms with van der Waals surface area (Å²) >= 11 is 0. The van der Waals surface area contributed by atoms with Gasteiger partial charge in [0.15, 0.2) is 11.5 Å². The van der Waals surface area contributed by atoms with E-state index >= 15 is 0 Å². The largest absolute Gasteiger partial charge is 0.463 e. The lowest BCUT2D eigenvalue weighted by atomic mass is 9.93. The monoisotopic (exact) mass is 1750 g/mol. The summed E-state index contributed by atoms with van der Waals surface area (Å²) in [5.41, 5.74) is 8.72. The highest BCUT2D eigenvalue weighted by atomic mass is 16.6. The summed E-state index contributed by atoms with van der Waals surface area (Å²) in [4.78, 5) is 69.6. The number of aromatic nitrogens is 4. The summed E-state index contributed by atoms with van der Waals surface area (Å²) in [6.07, 6.45) is 6.26. The van der Waals surface area contributed by atoms with E-state index in [1.54, 1.807) is 11.7 Å². The molecule has 3 aromatic rings. The quantitative estimate of drug-likeness (QED) is 0.0346. The Morgan fingerprint density at radius 3 is 1.12 bits per heavy atom. The van der Waals surface area contributed by atoms with Crippen molar-refractivity contribution in [2.24, 2.45) is 11.8 Å². The number of anilines is 1. The van der Waals surface area contributed by atoms with Crippen LogP contribution in [0.25, 0.3) is 11.2 Å². The van der Waals surface area contributed by atoms with E-state index in [9.17, 15) is 19.2 Å². The van der Waals surface area contributed by atoms with Gasteiger partial charge in [0, 0.05) is 33.2 Å². The number of unbranched alkanes of at least 4 members (excludes halogenated alkanes) is 2. The van der Waals surface area contributed by atoms with E-state index in [0.29, 0.717) is 360 Å². The van der Waals surface area contributed by atoms with Crippen molar-refractivity contribution in [2.45, 2.75) is 83.8 Å². The van der Waals surface area contributed by atoms with Crippen LogP contribution in [0.15, 0.2) is 29.1 Å². The Hall–Kier alpha value is -5.50. The second kappa shape index (κ2) is 81.3.